The first-order valence-corrected chi connectivity index (χ1v) is 7.20. The van der Waals surface area contributed by atoms with Crippen LogP contribution in [0.1, 0.15) is 30.1 Å². The molecule has 3 rings (SSSR count). The molecule has 2 aromatic rings. The highest BCUT2D eigenvalue weighted by Gasteiger charge is 2.30. The number of likely N-dealkylation sites (tertiary alicyclic amines) is 1. The van der Waals surface area contributed by atoms with E-state index in [2.05, 4.69) is 0 Å². The molecule has 0 aromatic heterocycles. The lowest BCUT2D eigenvalue weighted by molar-refractivity contribution is -0.00207. The molecule has 0 saturated carbocycles. The molecule has 1 fully saturated rings. The van der Waals surface area contributed by atoms with Crippen LogP contribution in [-0.2, 0) is 0 Å². The van der Waals surface area contributed by atoms with Crippen LogP contribution in [0.3, 0.4) is 0 Å². The van der Waals surface area contributed by atoms with Crippen LogP contribution < -0.4 is 0 Å². The highest BCUT2D eigenvalue weighted by Crippen LogP contribution is 2.28. The predicted octanol–water partition coefficient (Wildman–Crippen LogP) is 2.53. The Morgan fingerprint density at radius 2 is 1.71 bits per heavy atom. The first kappa shape index (κ1) is 13.9. The summed E-state index contributed by atoms with van der Waals surface area (Å²) >= 11 is 0. The summed E-state index contributed by atoms with van der Waals surface area (Å²) in [4.78, 5) is 14.3. The largest absolute Gasteiger partial charge is 0.507 e. The molecule has 21 heavy (non-hydrogen) atoms. The van der Waals surface area contributed by atoms with Gasteiger partial charge in [-0.25, -0.2) is 0 Å². The van der Waals surface area contributed by atoms with Crippen LogP contribution in [0.25, 0.3) is 10.8 Å². The lowest BCUT2D eigenvalue weighted by Crippen LogP contribution is -2.45. The molecule has 0 atom stereocenters. The molecule has 0 unspecified atom stereocenters. The summed E-state index contributed by atoms with van der Waals surface area (Å²) in [7, 11) is 0. The molecule has 0 spiro atoms. The number of rotatable bonds is 1. The summed E-state index contributed by atoms with van der Waals surface area (Å²) in [6.07, 6.45) is 1.13. The summed E-state index contributed by atoms with van der Waals surface area (Å²) in [6.45, 7) is 2.82. The number of hydrogen-bond donors (Lipinski definition) is 2. The zero-order chi connectivity index (χ0) is 15.0. The fourth-order valence-corrected chi connectivity index (χ4v) is 2.76. The van der Waals surface area contributed by atoms with Gasteiger partial charge >= 0.3 is 0 Å². The van der Waals surface area contributed by atoms with Gasteiger partial charge in [0.05, 0.1) is 11.2 Å². The van der Waals surface area contributed by atoms with Crippen molar-refractivity contribution >= 4 is 16.7 Å². The number of aromatic hydroxyl groups is 1. The Balaban J connectivity index is 1.89. The van der Waals surface area contributed by atoms with Crippen molar-refractivity contribution < 1.29 is 15.0 Å². The predicted molar refractivity (Wildman–Crippen MR) is 81.4 cm³/mol. The Bertz CT molecular complexity index is 683. The van der Waals surface area contributed by atoms with E-state index in [1.54, 1.807) is 24.0 Å². The highest BCUT2D eigenvalue weighted by molar-refractivity contribution is 6.01. The van der Waals surface area contributed by atoms with Gasteiger partial charge in [0, 0.05) is 13.1 Å². The molecule has 1 saturated heterocycles. The number of amides is 1. The van der Waals surface area contributed by atoms with Gasteiger partial charge in [0.25, 0.3) is 5.91 Å². The van der Waals surface area contributed by atoms with Crippen molar-refractivity contribution in [2.45, 2.75) is 25.4 Å². The van der Waals surface area contributed by atoms with E-state index in [0.29, 0.717) is 31.5 Å². The molecule has 0 aliphatic carbocycles. The van der Waals surface area contributed by atoms with Gasteiger partial charge in [0.15, 0.2) is 0 Å². The Morgan fingerprint density at radius 1 is 1.14 bits per heavy atom. The molecular formula is C17H19NO3. The Hall–Kier alpha value is -2.07. The Labute approximate surface area is 123 Å². The quantitative estimate of drug-likeness (QED) is 0.846. The summed E-state index contributed by atoms with van der Waals surface area (Å²) < 4.78 is 0. The minimum absolute atomic E-state index is 0.0102. The van der Waals surface area contributed by atoms with E-state index in [9.17, 15) is 15.0 Å². The third-order valence-electron chi connectivity index (χ3n) is 4.22. The van der Waals surface area contributed by atoms with Crippen molar-refractivity contribution in [1.82, 2.24) is 4.90 Å². The second kappa shape index (κ2) is 5.04. The number of carbonyl (C=O) groups is 1. The molecule has 1 aliphatic heterocycles. The van der Waals surface area contributed by atoms with Crippen molar-refractivity contribution in [2.24, 2.45) is 0 Å². The third-order valence-corrected chi connectivity index (χ3v) is 4.22. The number of fused-ring (bicyclic) bond motifs is 1. The van der Waals surface area contributed by atoms with E-state index >= 15 is 0 Å². The number of aliphatic hydroxyl groups is 1. The molecule has 0 radical (unpaired) electrons. The first-order valence-electron chi connectivity index (χ1n) is 7.20. The van der Waals surface area contributed by atoms with Crippen LogP contribution in [0.4, 0.5) is 0 Å². The molecule has 110 valence electrons. The maximum absolute atomic E-state index is 12.6. The van der Waals surface area contributed by atoms with Crippen LogP contribution in [0.5, 0.6) is 5.75 Å². The zero-order valence-electron chi connectivity index (χ0n) is 12.0. The number of hydrogen-bond acceptors (Lipinski definition) is 3. The van der Waals surface area contributed by atoms with Gasteiger partial charge < -0.3 is 15.1 Å². The molecule has 1 heterocycles. The molecule has 4 nitrogen and oxygen atoms in total. The fourth-order valence-electron chi connectivity index (χ4n) is 2.76. The van der Waals surface area contributed by atoms with Crippen molar-refractivity contribution in [3.63, 3.8) is 0 Å². The topological polar surface area (TPSA) is 60.8 Å². The van der Waals surface area contributed by atoms with Crippen LogP contribution in [0.15, 0.2) is 36.4 Å². The number of carbonyl (C=O) groups excluding carboxylic acids is 1. The average Bonchev–Trinajstić information content (AvgIpc) is 2.46. The molecule has 1 amide bonds. The van der Waals surface area contributed by atoms with Gasteiger partial charge in [0.2, 0.25) is 0 Å². The number of phenols is 1. The summed E-state index contributed by atoms with van der Waals surface area (Å²) in [5.41, 5.74) is -0.363. The molecule has 4 heteroatoms. The summed E-state index contributed by atoms with van der Waals surface area (Å²) in [5.74, 6) is -0.162. The lowest BCUT2D eigenvalue weighted by Gasteiger charge is -2.35. The van der Waals surface area contributed by atoms with E-state index in [1.807, 2.05) is 24.3 Å². The van der Waals surface area contributed by atoms with E-state index in [1.165, 1.54) is 0 Å². The molecule has 2 aromatic carbocycles. The number of phenolic OH excluding ortho intramolecular Hbond substituents is 1. The van der Waals surface area contributed by atoms with E-state index in [-0.39, 0.29) is 11.7 Å². The maximum atomic E-state index is 12.6. The van der Waals surface area contributed by atoms with Crippen LogP contribution in [0, 0.1) is 0 Å². The summed E-state index contributed by atoms with van der Waals surface area (Å²) in [6, 6.07) is 11.0. The van der Waals surface area contributed by atoms with Gasteiger partial charge in [-0.1, -0.05) is 24.3 Å². The third kappa shape index (κ3) is 2.72. The van der Waals surface area contributed by atoms with Gasteiger partial charge in [-0.3, -0.25) is 4.79 Å². The van der Waals surface area contributed by atoms with Gasteiger partial charge in [-0.2, -0.15) is 0 Å². The van der Waals surface area contributed by atoms with Gasteiger partial charge in [-0.05, 0) is 42.7 Å². The number of nitrogens with zero attached hydrogens (tertiary/aromatic N) is 1. The first-order chi connectivity index (χ1) is 9.96. The monoisotopic (exact) mass is 285 g/mol. The van der Waals surface area contributed by atoms with Crippen LogP contribution in [0.2, 0.25) is 0 Å². The second-order valence-corrected chi connectivity index (χ2v) is 6.01. The lowest BCUT2D eigenvalue weighted by atomic mass is 9.93. The van der Waals surface area contributed by atoms with E-state index < -0.39 is 5.60 Å². The van der Waals surface area contributed by atoms with Crippen LogP contribution >= 0.6 is 0 Å². The Kier molecular flexibility index (Phi) is 3.33. The van der Waals surface area contributed by atoms with Crippen molar-refractivity contribution in [3.05, 3.63) is 42.0 Å². The average molecular weight is 285 g/mol. The standard InChI is InChI=1S/C17H19NO3/c1-17(21)6-8-18(9-7-17)16(20)14-10-12-4-2-3-5-13(12)11-15(14)19/h2-5,10-11,19,21H,6-9H2,1H3. The normalized spacial score (nSPS) is 17.9. The van der Waals surface area contributed by atoms with Crippen molar-refractivity contribution in [3.8, 4) is 5.75 Å². The van der Waals surface area contributed by atoms with Crippen LogP contribution in [-0.4, -0.2) is 39.7 Å². The van der Waals surface area contributed by atoms with E-state index in [4.69, 9.17) is 0 Å². The van der Waals surface area contributed by atoms with Gasteiger partial charge in [0.1, 0.15) is 5.75 Å². The van der Waals surface area contributed by atoms with E-state index in [0.717, 1.165) is 10.8 Å². The van der Waals surface area contributed by atoms with Crippen molar-refractivity contribution in [2.75, 3.05) is 13.1 Å². The summed E-state index contributed by atoms with van der Waals surface area (Å²) in [5, 5.41) is 21.9. The van der Waals surface area contributed by atoms with Crippen molar-refractivity contribution in [1.29, 1.82) is 0 Å². The number of benzene rings is 2. The van der Waals surface area contributed by atoms with Gasteiger partial charge in [-0.15, -0.1) is 0 Å². The highest BCUT2D eigenvalue weighted by atomic mass is 16.3. The smallest absolute Gasteiger partial charge is 0.257 e. The maximum Gasteiger partial charge on any atom is 0.257 e. The fraction of sp³-hybridized carbons (Fsp3) is 0.353. The zero-order valence-corrected chi connectivity index (χ0v) is 12.0. The Morgan fingerprint density at radius 3 is 2.33 bits per heavy atom. The molecular weight excluding hydrogens is 266 g/mol. The SMILES string of the molecule is CC1(O)CCN(C(=O)c2cc3ccccc3cc2O)CC1. The minimum atomic E-state index is -0.692. The molecule has 2 N–H and O–H groups in total. The number of piperidine rings is 1. The second-order valence-electron chi connectivity index (χ2n) is 6.01. The molecule has 1 aliphatic rings. The molecule has 0 bridgehead atoms. The minimum Gasteiger partial charge on any atom is -0.507 e.